The third-order valence-corrected chi connectivity index (χ3v) is 7.00. The zero-order valence-corrected chi connectivity index (χ0v) is 17.3. The molecule has 0 spiro atoms. The molecule has 1 heterocycles. The van der Waals surface area contributed by atoms with Crippen molar-refractivity contribution in [2.75, 3.05) is 32.6 Å². The molecular weight excluding hydrogens is 338 g/mol. The van der Waals surface area contributed by atoms with Gasteiger partial charge in [-0.15, -0.1) is 11.8 Å². The van der Waals surface area contributed by atoms with Gasteiger partial charge < -0.3 is 4.74 Å². The molecule has 3 rings (SSSR count). The van der Waals surface area contributed by atoms with E-state index in [-0.39, 0.29) is 11.0 Å². The van der Waals surface area contributed by atoms with E-state index in [1.807, 2.05) is 0 Å². The molecular formula is C23H31NOS. The van der Waals surface area contributed by atoms with Gasteiger partial charge in [0.15, 0.2) is 0 Å². The molecule has 1 saturated heterocycles. The van der Waals surface area contributed by atoms with Crippen LogP contribution < -0.4 is 0 Å². The molecule has 1 aliphatic heterocycles. The van der Waals surface area contributed by atoms with Crippen molar-refractivity contribution >= 4 is 11.8 Å². The SMILES string of the molecule is CSc1ccc(C(C)(C)C(C)(Cc2ccccc2)N2CCOCC2)cc1. The van der Waals surface area contributed by atoms with Crippen LogP contribution in [-0.4, -0.2) is 43.0 Å². The Bertz CT molecular complexity index is 692. The summed E-state index contributed by atoms with van der Waals surface area (Å²) in [4.78, 5) is 3.96. The summed E-state index contributed by atoms with van der Waals surface area (Å²) in [5.74, 6) is 0. The van der Waals surface area contributed by atoms with Gasteiger partial charge in [0.1, 0.15) is 0 Å². The standard InChI is InChI=1S/C23H31NOS/c1-22(2,20-10-12-21(26-4)13-11-20)23(3,24-14-16-25-17-15-24)18-19-8-6-5-7-9-19/h5-13H,14-18H2,1-4H3. The zero-order chi connectivity index (χ0) is 18.6. The molecule has 0 bridgehead atoms. The second-order valence-electron chi connectivity index (χ2n) is 7.89. The van der Waals surface area contributed by atoms with E-state index in [1.54, 1.807) is 11.8 Å². The Balaban J connectivity index is 1.99. The predicted molar refractivity (Wildman–Crippen MR) is 112 cm³/mol. The monoisotopic (exact) mass is 369 g/mol. The Labute approximate surface area is 162 Å². The van der Waals surface area contributed by atoms with Crippen molar-refractivity contribution < 1.29 is 4.74 Å². The second kappa shape index (κ2) is 8.16. The van der Waals surface area contributed by atoms with Crippen LogP contribution in [0.5, 0.6) is 0 Å². The van der Waals surface area contributed by atoms with Crippen molar-refractivity contribution in [2.45, 2.75) is 43.0 Å². The number of benzene rings is 2. The molecule has 3 heteroatoms. The minimum atomic E-state index is 0.0110. The largest absolute Gasteiger partial charge is 0.379 e. The van der Waals surface area contributed by atoms with Crippen LogP contribution in [0.2, 0.25) is 0 Å². The van der Waals surface area contributed by atoms with E-state index in [1.165, 1.54) is 16.0 Å². The summed E-state index contributed by atoms with van der Waals surface area (Å²) in [7, 11) is 0. The maximum atomic E-state index is 5.65. The summed E-state index contributed by atoms with van der Waals surface area (Å²) in [5, 5.41) is 0. The fourth-order valence-corrected chi connectivity index (χ4v) is 4.51. The average Bonchev–Trinajstić information content (AvgIpc) is 2.69. The molecule has 0 aromatic heterocycles. The molecule has 26 heavy (non-hydrogen) atoms. The van der Waals surface area contributed by atoms with Crippen LogP contribution in [0.3, 0.4) is 0 Å². The fraction of sp³-hybridized carbons (Fsp3) is 0.478. The smallest absolute Gasteiger partial charge is 0.0594 e. The minimum absolute atomic E-state index is 0.0110. The number of hydrogen-bond donors (Lipinski definition) is 0. The van der Waals surface area contributed by atoms with E-state index in [4.69, 9.17) is 4.74 Å². The van der Waals surface area contributed by atoms with Gasteiger partial charge in [-0.1, -0.05) is 56.3 Å². The summed E-state index contributed by atoms with van der Waals surface area (Å²) in [5.41, 5.74) is 2.83. The quantitative estimate of drug-likeness (QED) is 0.664. The Morgan fingerprint density at radius 1 is 0.923 bits per heavy atom. The average molecular weight is 370 g/mol. The van der Waals surface area contributed by atoms with Crippen LogP contribution in [0.25, 0.3) is 0 Å². The molecule has 0 amide bonds. The maximum Gasteiger partial charge on any atom is 0.0594 e. The number of nitrogens with zero attached hydrogens (tertiary/aromatic N) is 1. The molecule has 0 N–H and O–H groups in total. The molecule has 2 nitrogen and oxygen atoms in total. The van der Waals surface area contributed by atoms with E-state index >= 15 is 0 Å². The third kappa shape index (κ3) is 3.85. The van der Waals surface area contributed by atoms with E-state index in [0.717, 1.165) is 32.7 Å². The first-order valence-electron chi connectivity index (χ1n) is 9.48. The van der Waals surface area contributed by atoms with Crippen molar-refractivity contribution in [3.8, 4) is 0 Å². The van der Waals surface area contributed by atoms with Crippen LogP contribution in [0.1, 0.15) is 31.9 Å². The third-order valence-electron chi connectivity index (χ3n) is 6.26. The summed E-state index contributed by atoms with van der Waals surface area (Å²) in [6.45, 7) is 10.9. The Morgan fingerprint density at radius 2 is 1.54 bits per heavy atom. The fourth-order valence-electron chi connectivity index (χ4n) is 4.10. The molecule has 0 saturated carbocycles. The molecule has 1 unspecified atom stereocenters. The van der Waals surface area contributed by atoms with Gasteiger partial charge in [-0.05, 0) is 42.9 Å². The highest BCUT2D eigenvalue weighted by molar-refractivity contribution is 7.98. The summed E-state index contributed by atoms with van der Waals surface area (Å²) in [6, 6.07) is 20.0. The lowest BCUT2D eigenvalue weighted by Crippen LogP contribution is -2.62. The highest BCUT2D eigenvalue weighted by Gasteiger charge is 2.46. The van der Waals surface area contributed by atoms with E-state index in [0.29, 0.717) is 0 Å². The van der Waals surface area contributed by atoms with Crippen molar-refractivity contribution in [3.05, 3.63) is 65.7 Å². The van der Waals surface area contributed by atoms with Gasteiger partial charge in [-0.3, -0.25) is 4.90 Å². The first-order valence-corrected chi connectivity index (χ1v) is 10.7. The van der Waals surface area contributed by atoms with Crippen LogP contribution in [0.4, 0.5) is 0 Å². The number of ether oxygens (including phenoxy) is 1. The molecule has 1 atom stereocenters. The first kappa shape index (κ1) is 19.5. The lowest BCUT2D eigenvalue weighted by Gasteiger charge is -2.53. The number of rotatable bonds is 6. The van der Waals surface area contributed by atoms with Crippen LogP contribution in [-0.2, 0) is 16.6 Å². The molecule has 2 aromatic rings. The van der Waals surface area contributed by atoms with Gasteiger partial charge in [-0.25, -0.2) is 0 Å². The minimum Gasteiger partial charge on any atom is -0.379 e. The second-order valence-corrected chi connectivity index (χ2v) is 8.77. The molecule has 2 aromatic carbocycles. The normalized spacial score (nSPS) is 18.5. The van der Waals surface area contributed by atoms with Gasteiger partial charge in [0.05, 0.1) is 13.2 Å². The summed E-state index contributed by atoms with van der Waals surface area (Å²) < 4.78 is 5.65. The van der Waals surface area contributed by atoms with Crippen molar-refractivity contribution in [1.29, 1.82) is 0 Å². The van der Waals surface area contributed by atoms with Gasteiger partial charge in [0.2, 0.25) is 0 Å². The van der Waals surface area contributed by atoms with Gasteiger partial charge in [0, 0.05) is 28.9 Å². The molecule has 1 fully saturated rings. The first-order chi connectivity index (χ1) is 12.5. The molecule has 140 valence electrons. The zero-order valence-electron chi connectivity index (χ0n) is 16.5. The summed E-state index contributed by atoms with van der Waals surface area (Å²) in [6.07, 6.45) is 3.17. The lowest BCUT2D eigenvalue weighted by atomic mass is 9.65. The van der Waals surface area contributed by atoms with Crippen molar-refractivity contribution in [1.82, 2.24) is 4.90 Å². The van der Waals surface area contributed by atoms with Gasteiger partial charge in [-0.2, -0.15) is 0 Å². The number of thioether (sulfide) groups is 1. The predicted octanol–water partition coefficient (Wildman–Crippen LogP) is 5.02. The molecule has 0 aliphatic carbocycles. The topological polar surface area (TPSA) is 12.5 Å². The van der Waals surface area contributed by atoms with Crippen LogP contribution in [0.15, 0.2) is 59.5 Å². The lowest BCUT2D eigenvalue weighted by molar-refractivity contribution is -0.0432. The van der Waals surface area contributed by atoms with Crippen LogP contribution >= 0.6 is 11.8 Å². The molecule has 0 radical (unpaired) electrons. The number of hydrogen-bond acceptors (Lipinski definition) is 3. The Hall–Kier alpha value is -1.29. The number of morpholine rings is 1. The van der Waals surface area contributed by atoms with E-state index in [9.17, 15) is 0 Å². The van der Waals surface area contributed by atoms with E-state index < -0.39 is 0 Å². The van der Waals surface area contributed by atoms with Gasteiger partial charge >= 0.3 is 0 Å². The van der Waals surface area contributed by atoms with Crippen LogP contribution in [0, 0.1) is 0 Å². The highest BCUT2D eigenvalue weighted by Crippen LogP contribution is 2.42. The van der Waals surface area contributed by atoms with Gasteiger partial charge in [0.25, 0.3) is 0 Å². The summed E-state index contributed by atoms with van der Waals surface area (Å²) >= 11 is 1.80. The Kier molecular flexibility index (Phi) is 6.11. The maximum absolute atomic E-state index is 5.65. The Morgan fingerprint density at radius 3 is 2.12 bits per heavy atom. The van der Waals surface area contributed by atoms with E-state index in [2.05, 4.69) is 86.5 Å². The van der Waals surface area contributed by atoms with Crippen molar-refractivity contribution in [3.63, 3.8) is 0 Å². The highest BCUT2D eigenvalue weighted by atomic mass is 32.2. The van der Waals surface area contributed by atoms with Crippen molar-refractivity contribution in [2.24, 2.45) is 0 Å². The molecule has 1 aliphatic rings.